The molecule has 0 bridgehead atoms. The molecule has 6 nitrogen and oxygen atoms in total. The first kappa shape index (κ1) is 20.7. The third-order valence-corrected chi connectivity index (χ3v) is 7.11. The second-order valence-electron chi connectivity index (χ2n) is 7.33. The van der Waals surface area contributed by atoms with Gasteiger partial charge in [-0.2, -0.15) is 21.6 Å². The maximum absolute atomic E-state index is 13.6. The fourth-order valence-electron chi connectivity index (χ4n) is 4.22. The van der Waals surface area contributed by atoms with Crippen molar-refractivity contribution in [2.45, 2.75) is 30.0 Å². The molecule has 1 N–H and O–H groups in total. The quantitative estimate of drug-likeness (QED) is 0.796. The monoisotopic (exact) mass is 440 g/mol. The normalized spacial score (nSPS) is 24.2. The number of aliphatic hydroxyl groups is 1. The fraction of sp³-hybridized carbons (Fsp3) is 0.350. The second kappa shape index (κ2) is 6.98. The SMILES string of the molecule is O=C([C@H]1N(S(=O)(=O)C(F)(F)F)c2ccccc2[C@]1(O)c1ccccc1)N1CCCC1. The maximum Gasteiger partial charge on any atom is 0.516 e. The summed E-state index contributed by atoms with van der Waals surface area (Å²) in [5.41, 5.74) is -8.23. The summed E-state index contributed by atoms with van der Waals surface area (Å²) in [7, 11) is -5.97. The van der Waals surface area contributed by atoms with Crippen molar-refractivity contribution in [2.75, 3.05) is 17.4 Å². The first-order chi connectivity index (χ1) is 14.1. The Hall–Kier alpha value is -2.59. The lowest BCUT2D eigenvalue weighted by Gasteiger charge is -2.36. The van der Waals surface area contributed by atoms with Crippen LogP contribution in [0.3, 0.4) is 0 Å². The van der Waals surface area contributed by atoms with Gasteiger partial charge in [-0.1, -0.05) is 48.5 Å². The van der Waals surface area contributed by atoms with E-state index in [9.17, 15) is 31.5 Å². The molecule has 2 aromatic rings. The Morgan fingerprint density at radius 2 is 1.57 bits per heavy atom. The number of nitrogens with zero attached hydrogens (tertiary/aromatic N) is 2. The molecule has 0 aromatic heterocycles. The molecule has 1 fully saturated rings. The Morgan fingerprint density at radius 3 is 2.17 bits per heavy atom. The van der Waals surface area contributed by atoms with Crippen LogP contribution in [-0.4, -0.2) is 49.0 Å². The summed E-state index contributed by atoms with van der Waals surface area (Å²) < 4.78 is 66.1. The van der Waals surface area contributed by atoms with Crippen LogP contribution in [0.2, 0.25) is 0 Å². The third kappa shape index (κ3) is 2.89. The number of alkyl halides is 3. The zero-order chi connectivity index (χ0) is 21.7. The lowest BCUT2D eigenvalue weighted by atomic mass is 9.82. The minimum atomic E-state index is -5.97. The molecule has 0 spiro atoms. The summed E-state index contributed by atoms with van der Waals surface area (Å²) in [4.78, 5) is 14.7. The highest BCUT2D eigenvalue weighted by Crippen LogP contribution is 2.51. The molecule has 2 aliphatic rings. The highest BCUT2D eigenvalue weighted by molar-refractivity contribution is 7.93. The third-order valence-electron chi connectivity index (χ3n) is 5.60. The van der Waals surface area contributed by atoms with E-state index in [-0.39, 0.29) is 34.2 Å². The van der Waals surface area contributed by atoms with Crippen LogP contribution in [-0.2, 0) is 20.4 Å². The summed E-state index contributed by atoms with van der Waals surface area (Å²) in [6, 6.07) is 11.1. The van der Waals surface area contributed by atoms with Crippen LogP contribution in [0.15, 0.2) is 54.6 Å². The van der Waals surface area contributed by atoms with Gasteiger partial charge in [0.25, 0.3) is 0 Å². The lowest BCUT2D eigenvalue weighted by molar-refractivity contribution is -0.136. The van der Waals surface area contributed by atoms with Gasteiger partial charge in [0.1, 0.15) is 5.60 Å². The van der Waals surface area contributed by atoms with Gasteiger partial charge >= 0.3 is 15.5 Å². The fourth-order valence-corrected chi connectivity index (χ4v) is 5.38. The number of likely N-dealkylation sites (tertiary alicyclic amines) is 1. The van der Waals surface area contributed by atoms with Crippen molar-refractivity contribution < 1.29 is 31.5 Å². The highest BCUT2D eigenvalue weighted by atomic mass is 32.2. The van der Waals surface area contributed by atoms with E-state index < -0.39 is 33.1 Å². The highest BCUT2D eigenvalue weighted by Gasteiger charge is 2.64. The Kier molecular flexibility index (Phi) is 4.81. The van der Waals surface area contributed by atoms with Crippen molar-refractivity contribution in [1.29, 1.82) is 0 Å². The smallest absolute Gasteiger partial charge is 0.378 e. The molecule has 0 unspecified atom stereocenters. The molecule has 4 rings (SSSR count). The van der Waals surface area contributed by atoms with E-state index >= 15 is 0 Å². The van der Waals surface area contributed by atoms with Crippen LogP contribution in [0.4, 0.5) is 18.9 Å². The predicted molar refractivity (Wildman–Crippen MR) is 103 cm³/mol. The van der Waals surface area contributed by atoms with E-state index in [0.29, 0.717) is 12.8 Å². The van der Waals surface area contributed by atoms with E-state index in [1.807, 2.05) is 0 Å². The molecule has 0 saturated carbocycles. The van der Waals surface area contributed by atoms with Crippen molar-refractivity contribution in [2.24, 2.45) is 0 Å². The van der Waals surface area contributed by atoms with Gasteiger partial charge in [0, 0.05) is 18.7 Å². The Morgan fingerprint density at radius 1 is 1.00 bits per heavy atom. The van der Waals surface area contributed by atoms with Crippen molar-refractivity contribution in [3.63, 3.8) is 0 Å². The number of sulfonamides is 1. The van der Waals surface area contributed by atoms with Crippen LogP contribution in [0.1, 0.15) is 24.0 Å². The number of hydrogen-bond acceptors (Lipinski definition) is 4. The number of halogens is 3. The number of anilines is 1. The molecule has 2 aromatic carbocycles. The zero-order valence-electron chi connectivity index (χ0n) is 15.7. The number of amides is 1. The molecule has 10 heteroatoms. The summed E-state index contributed by atoms with van der Waals surface area (Å²) in [6.45, 7) is 0.576. The number of benzene rings is 2. The summed E-state index contributed by atoms with van der Waals surface area (Å²) in [5.74, 6) is -0.858. The van der Waals surface area contributed by atoms with E-state index in [1.54, 1.807) is 18.2 Å². The van der Waals surface area contributed by atoms with Gasteiger partial charge in [0.05, 0.1) is 5.69 Å². The van der Waals surface area contributed by atoms with Gasteiger partial charge in [-0.05, 0) is 24.5 Å². The molecule has 0 radical (unpaired) electrons. The minimum Gasteiger partial charge on any atom is -0.378 e. The van der Waals surface area contributed by atoms with Gasteiger partial charge < -0.3 is 10.0 Å². The molecule has 2 atom stereocenters. The first-order valence-electron chi connectivity index (χ1n) is 9.37. The average Bonchev–Trinajstić information content (AvgIpc) is 3.34. The van der Waals surface area contributed by atoms with Gasteiger partial charge in [-0.3, -0.25) is 4.79 Å². The molecule has 0 aliphatic carbocycles. The molecule has 160 valence electrons. The second-order valence-corrected chi connectivity index (χ2v) is 9.14. The van der Waals surface area contributed by atoms with Gasteiger partial charge in [-0.15, -0.1) is 0 Å². The Balaban J connectivity index is 2.00. The van der Waals surface area contributed by atoms with Crippen LogP contribution in [0, 0.1) is 0 Å². The number of carbonyl (C=O) groups excluding carboxylic acids is 1. The minimum absolute atomic E-state index is 0.0516. The van der Waals surface area contributed by atoms with Crippen molar-refractivity contribution in [1.82, 2.24) is 4.90 Å². The standard InChI is InChI=1S/C20H19F3N2O4S/c21-20(22,23)30(28,29)25-16-11-5-4-10-15(16)19(27,14-8-2-1-3-9-14)17(25)18(26)24-12-6-7-13-24/h1-5,8-11,17,27H,6-7,12-13H2/t17-,19-/m1/s1. The topological polar surface area (TPSA) is 77.9 Å². The summed E-state index contributed by atoms with van der Waals surface area (Å²) in [5, 5.41) is 11.8. The molecule has 30 heavy (non-hydrogen) atoms. The Bertz CT molecular complexity index is 1070. The number of carbonyl (C=O) groups is 1. The van der Waals surface area contributed by atoms with E-state index in [0.717, 1.165) is 0 Å². The molecular weight excluding hydrogens is 421 g/mol. The van der Waals surface area contributed by atoms with Crippen LogP contribution in [0.25, 0.3) is 0 Å². The number of fused-ring (bicyclic) bond motifs is 1. The lowest BCUT2D eigenvalue weighted by Crippen LogP contribution is -2.59. The first-order valence-corrected chi connectivity index (χ1v) is 10.8. The largest absolute Gasteiger partial charge is 0.516 e. The number of hydrogen-bond donors (Lipinski definition) is 1. The van der Waals surface area contributed by atoms with Crippen molar-refractivity contribution in [3.05, 3.63) is 65.7 Å². The van der Waals surface area contributed by atoms with Gasteiger partial charge in [0.15, 0.2) is 6.04 Å². The molecule has 1 amide bonds. The van der Waals surface area contributed by atoms with Crippen molar-refractivity contribution >= 4 is 21.6 Å². The maximum atomic E-state index is 13.6. The average molecular weight is 440 g/mol. The van der Waals surface area contributed by atoms with Crippen molar-refractivity contribution in [3.8, 4) is 0 Å². The number of para-hydroxylation sites is 1. The summed E-state index contributed by atoms with van der Waals surface area (Å²) >= 11 is 0. The zero-order valence-corrected chi connectivity index (χ0v) is 16.5. The van der Waals surface area contributed by atoms with Gasteiger partial charge in [0.2, 0.25) is 5.91 Å². The molecule has 2 heterocycles. The Labute approximate surface area is 171 Å². The molecular formula is C20H19F3N2O4S. The van der Waals surface area contributed by atoms with E-state index in [1.165, 1.54) is 41.3 Å². The van der Waals surface area contributed by atoms with Gasteiger partial charge in [-0.25, -0.2) is 4.31 Å². The van der Waals surface area contributed by atoms with E-state index in [2.05, 4.69) is 0 Å². The molecule has 1 saturated heterocycles. The molecule has 2 aliphatic heterocycles. The summed E-state index contributed by atoms with van der Waals surface area (Å²) in [6.07, 6.45) is 1.31. The van der Waals surface area contributed by atoms with Crippen LogP contribution < -0.4 is 4.31 Å². The van der Waals surface area contributed by atoms with E-state index in [4.69, 9.17) is 0 Å². The predicted octanol–water partition coefficient (Wildman–Crippen LogP) is 2.58. The van der Waals surface area contributed by atoms with Crippen LogP contribution in [0.5, 0.6) is 0 Å². The van der Waals surface area contributed by atoms with Crippen LogP contribution >= 0.6 is 0 Å². The number of rotatable bonds is 3.